The van der Waals surface area contributed by atoms with Crippen LogP contribution in [0.2, 0.25) is 0 Å². The van der Waals surface area contributed by atoms with Gasteiger partial charge < -0.3 is 19.7 Å². The van der Waals surface area contributed by atoms with Crippen LogP contribution in [0.15, 0.2) is 12.1 Å². The van der Waals surface area contributed by atoms with Gasteiger partial charge in [0.15, 0.2) is 11.5 Å². The van der Waals surface area contributed by atoms with E-state index in [2.05, 4.69) is 16.4 Å². The monoisotopic (exact) mass is 259 g/mol. The molecule has 2 rings (SSSR count). The molecule has 0 aromatic heterocycles. The normalized spacial score (nSPS) is 17.8. The number of aliphatic hydroxyl groups excluding tert-OH is 1. The third-order valence-corrected chi connectivity index (χ3v) is 2.59. The van der Waals surface area contributed by atoms with E-state index < -0.39 is 12.4 Å². The molecule has 1 aliphatic heterocycles. The maximum atomic E-state index is 12.8. The van der Waals surface area contributed by atoms with Gasteiger partial charge in [0, 0.05) is 6.07 Å². The van der Waals surface area contributed by atoms with E-state index in [0.29, 0.717) is 24.8 Å². The van der Waals surface area contributed by atoms with Gasteiger partial charge in [-0.2, -0.15) is 0 Å². The lowest BCUT2D eigenvalue weighted by molar-refractivity contribution is -0.286. The Morgan fingerprint density at radius 2 is 1.89 bits per heavy atom. The van der Waals surface area contributed by atoms with Crippen LogP contribution in [0.3, 0.4) is 0 Å². The number of fused-ring (bicyclic) bond motifs is 1. The predicted octanol–water partition coefficient (Wildman–Crippen LogP) is 2.23. The van der Waals surface area contributed by atoms with Crippen LogP contribution in [0, 0.1) is 6.92 Å². The number of rotatable bonds is 4. The van der Waals surface area contributed by atoms with Gasteiger partial charge in [-0.15, -0.1) is 8.78 Å². The molecule has 1 aromatic rings. The van der Waals surface area contributed by atoms with Crippen molar-refractivity contribution >= 4 is 0 Å². The van der Waals surface area contributed by atoms with Crippen molar-refractivity contribution in [1.29, 1.82) is 0 Å². The van der Waals surface area contributed by atoms with E-state index in [1.165, 1.54) is 6.07 Å². The van der Waals surface area contributed by atoms with Crippen LogP contribution in [0.4, 0.5) is 8.78 Å². The van der Waals surface area contributed by atoms with Crippen LogP contribution < -0.4 is 9.47 Å². The fraction of sp³-hybridized carbons (Fsp3) is 0.417. The maximum absolute atomic E-state index is 12.8. The lowest BCUT2D eigenvalue weighted by atomic mass is 10.0. The summed E-state index contributed by atoms with van der Waals surface area (Å²) in [4.78, 5) is 0. The van der Waals surface area contributed by atoms with Gasteiger partial charge in [0.2, 0.25) is 0 Å². The standard InChI is InChI=1S/C12H13F2O4/c1-7(15)3-2-4-8-5-10-11(6-9(8)16)18-12(13,14)17-10/h5-7,15-16H,1-4H2/t7-/m0/s1. The third-order valence-electron chi connectivity index (χ3n) is 2.59. The second-order valence-electron chi connectivity index (χ2n) is 4.14. The molecule has 0 aliphatic carbocycles. The number of phenols is 1. The fourth-order valence-electron chi connectivity index (χ4n) is 1.76. The molecule has 0 bridgehead atoms. The van der Waals surface area contributed by atoms with Gasteiger partial charge in [0.05, 0.1) is 6.10 Å². The van der Waals surface area contributed by atoms with Gasteiger partial charge in [-0.3, -0.25) is 0 Å². The Balaban J connectivity index is 2.10. The van der Waals surface area contributed by atoms with Gasteiger partial charge in [0.1, 0.15) is 5.75 Å². The topological polar surface area (TPSA) is 58.9 Å². The van der Waals surface area contributed by atoms with Crippen molar-refractivity contribution in [3.05, 3.63) is 24.6 Å². The number of phenolic OH excluding ortho intramolecular Hbond substituents is 1. The van der Waals surface area contributed by atoms with Crippen molar-refractivity contribution in [3.63, 3.8) is 0 Å². The zero-order valence-electron chi connectivity index (χ0n) is 9.53. The summed E-state index contributed by atoms with van der Waals surface area (Å²) in [5, 5.41) is 18.7. The summed E-state index contributed by atoms with van der Waals surface area (Å²) in [6.45, 7) is 3.42. The molecule has 6 heteroatoms. The van der Waals surface area contributed by atoms with Gasteiger partial charge in [-0.1, -0.05) is 0 Å². The second-order valence-corrected chi connectivity index (χ2v) is 4.14. The van der Waals surface area contributed by atoms with E-state index in [0.717, 1.165) is 6.07 Å². The van der Waals surface area contributed by atoms with Crippen molar-refractivity contribution in [1.82, 2.24) is 0 Å². The molecule has 1 heterocycles. The second kappa shape index (κ2) is 4.61. The predicted molar refractivity (Wildman–Crippen MR) is 58.6 cm³/mol. The highest BCUT2D eigenvalue weighted by Crippen LogP contribution is 2.44. The van der Waals surface area contributed by atoms with E-state index in [-0.39, 0.29) is 17.2 Å². The van der Waals surface area contributed by atoms with Crippen LogP contribution in [-0.4, -0.2) is 22.6 Å². The van der Waals surface area contributed by atoms with Gasteiger partial charge in [0.25, 0.3) is 0 Å². The van der Waals surface area contributed by atoms with Gasteiger partial charge in [-0.25, -0.2) is 0 Å². The lowest BCUT2D eigenvalue weighted by Crippen LogP contribution is -2.25. The van der Waals surface area contributed by atoms with Crippen molar-refractivity contribution < 1.29 is 28.5 Å². The van der Waals surface area contributed by atoms with Gasteiger partial charge >= 0.3 is 6.29 Å². The average molecular weight is 259 g/mol. The highest BCUT2D eigenvalue weighted by atomic mass is 19.3. The summed E-state index contributed by atoms with van der Waals surface area (Å²) in [5.41, 5.74) is 0.468. The van der Waals surface area contributed by atoms with E-state index in [4.69, 9.17) is 5.11 Å². The SMILES string of the molecule is [CH2][C@H](O)CCCc1cc2c(cc1O)OC(F)(F)O2. The summed E-state index contributed by atoms with van der Waals surface area (Å²) >= 11 is 0. The molecule has 18 heavy (non-hydrogen) atoms. The van der Waals surface area contributed by atoms with Gasteiger partial charge in [-0.05, 0) is 37.8 Å². The number of hydrogen-bond donors (Lipinski definition) is 2. The summed E-state index contributed by atoms with van der Waals surface area (Å²) in [7, 11) is 0. The Morgan fingerprint density at radius 3 is 2.50 bits per heavy atom. The number of aromatic hydroxyl groups is 1. The molecule has 0 saturated heterocycles. The van der Waals surface area contributed by atoms with Crippen molar-refractivity contribution in [2.75, 3.05) is 0 Å². The van der Waals surface area contributed by atoms with Crippen molar-refractivity contribution in [3.8, 4) is 17.2 Å². The molecule has 1 atom stereocenters. The molecule has 0 spiro atoms. The zero-order chi connectivity index (χ0) is 13.3. The molecular formula is C12H13F2O4. The number of aliphatic hydroxyl groups is 1. The van der Waals surface area contributed by atoms with E-state index in [1.54, 1.807) is 0 Å². The number of alkyl halides is 2. The molecule has 0 fully saturated rings. The fourth-order valence-corrected chi connectivity index (χ4v) is 1.76. The number of ether oxygens (including phenoxy) is 2. The van der Waals surface area contributed by atoms with Crippen molar-refractivity contribution in [2.24, 2.45) is 0 Å². The molecule has 0 amide bonds. The molecule has 1 aromatic carbocycles. The van der Waals surface area contributed by atoms with E-state index >= 15 is 0 Å². The Labute approximate surface area is 103 Å². The van der Waals surface area contributed by atoms with E-state index in [1.807, 2.05) is 0 Å². The first-order valence-electron chi connectivity index (χ1n) is 5.50. The Morgan fingerprint density at radius 1 is 1.28 bits per heavy atom. The molecule has 1 radical (unpaired) electrons. The largest absolute Gasteiger partial charge is 0.586 e. The summed E-state index contributed by atoms with van der Waals surface area (Å²) in [6.07, 6.45) is -2.89. The first-order valence-corrected chi connectivity index (χ1v) is 5.50. The Bertz CT molecular complexity index is 446. The highest BCUT2D eigenvalue weighted by Gasteiger charge is 2.43. The number of halogens is 2. The van der Waals surface area contributed by atoms with E-state index in [9.17, 15) is 13.9 Å². The maximum Gasteiger partial charge on any atom is 0.586 e. The zero-order valence-corrected chi connectivity index (χ0v) is 9.53. The minimum Gasteiger partial charge on any atom is -0.508 e. The quantitative estimate of drug-likeness (QED) is 0.870. The highest BCUT2D eigenvalue weighted by molar-refractivity contribution is 5.51. The number of aryl methyl sites for hydroxylation is 1. The number of hydrogen-bond acceptors (Lipinski definition) is 4. The minimum atomic E-state index is -3.68. The Hall–Kier alpha value is -1.56. The summed E-state index contributed by atoms with van der Waals surface area (Å²) in [6, 6.07) is 2.42. The molecule has 0 unspecified atom stereocenters. The third kappa shape index (κ3) is 2.81. The van der Waals surface area contributed by atoms with Crippen LogP contribution in [-0.2, 0) is 6.42 Å². The number of benzene rings is 1. The van der Waals surface area contributed by atoms with Crippen molar-refractivity contribution in [2.45, 2.75) is 31.7 Å². The average Bonchev–Trinajstić information content (AvgIpc) is 2.51. The smallest absolute Gasteiger partial charge is 0.508 e. The molecular weight excluding hydrogens is 246 g/mol. The summed E-state index contributed by atoms with van der Waals surface area (Å²) < 4.78 is 34.1. The molecule has 99 valence electrons. The molecule has 4 nitrogen and oxygen atoms in total. The summed E-state index contributed by atoms with van der Waals surface area (Å²) in [5.74, 6) is -0.407. The van der Waals surface area contributed by atoms with Crippen LogP contribution >= 0.6 is 0 Å². The molecule has 0 saturated carbocycles. The molecule has 2 N–H and O–H groups in total. The lowest BCUT2D eigenvalue weighted by Gasteiger charge is -2.07. The first kappa shape index (κ1) is 12.9. The first-order chi connectivity index (χ1) is 8.37. The molecule has 1 aliphatic rings. The minimum absolute atomic E-state index is 0.0945. The van der Waals surface area contributed by atoms with Crippen LogP contribution in [0.1, 0.15) is 18.4 Å². The van der Waals surface area contributed by atoms with Crippen LogP contribution in [0.25, 0.3) is 0 Å². The van der Waals surface area contributed by atoms with Crippen LogP contribution in [0.5, 0.6) is 17.2 Å². The Kier molecular flexibility index (Phi) is 3.30.